The Morgan fingerprint density at radius 2 is 2.44 bits per heavy atom. The van der Waals surface area contributed by atoms with Gasteiger partial charge in [-0.25, -0.2) is 0 Å². The summed E-state index contributed by atoms with van der Waals surface area (Å²) >= 11 is 0. The van der Waals surface area contributed by atoms with Gasteiger partial charge in [-0.3, -0.25) is 4.79 Å². The Balaban J connectivity index is 2.52. The predicted molar refractivity (Wildman–Crippen MR) is 37.2 cm³/mol. The zero-order valence-electron chi connectivity index (χ0n) is 5.76. The van der Waals surface area contributed by atoms with Crippen molar-refractivity contribution in [3.05, 3.63) is 12.2 Å². The minimum atomic E-state index is 0.291. The Morgan fingerprint density at radius 1 is 1.67 bits per heavy atom. The van der Waals surface area contributed by atoms with Crippen molar-refractivity contribution >= 4 is 5.78 Å². The summed E-state index contributed by atoms with van der Waals surface area (Å²) in [5.74, 6) is 0.899. The van der Waals surface area contributed by atoms with E-state index in [2.05, 4.69) is 6.92 Å². The van der Waals surface area contributed by atoms with Gasteiger partial charge in [0.1, 0.15) is 0 Å². The van der Waals surface area contributed by atoms with Gasteiger partial charge in [-0.1, -0.05) is 13.0 Å². The molecule has 0 saturated heterocycles. The van der Waals surface area contributed by atoms with Gasteiger partial charge in [0, 0.05) is 6.42 Å². The van der Waals surface area contributed by atoms with Crippen LogP contribution < -0.4 is 0 Å². The number of hydrogen-bond acceptors (Lipinski definition) is 1. The SMILES string of the molecule is C[C@@H]1C=CC(=O)CCC1. The molecule has 0 saturated carbocycles. The maximum absolute atomic E-state index is 10.7. The van der Waals surface area contributed by atoms with Crippen molar-refractivity contribution in [3.8, 4) is 0 Å². The molecule has 0 aliphatic heterocycles. The summed E-state index contributed by atoms with van der Waals surface area (Å²) in [6.07, 6.45) is 6.71. The van der Waals surface area contributed by atoms with E-state index >= 15 is 0 Å². The lowest BCUT2D eigenvalue weighted by molar-refractivity contribution is -0.114. The van der Waals surface area contributed by atoms with Crippen LogP contribution in [0.1, 0.15) is 26.2 Å². The fraction of sp³-hybridized carbons (Fsp3) is 0.625. The Hall–Kier alpha value is -0.590. The van der Waals surface area contributed by atoms with Crippen LogP contribution in [0.25, 0.3) is 0 Å². The highest BCUT2D eigenvalue weighted by Gasteiger charge is 2.05. The van der Waals surface area contributed by atoms with E-state index in [1.165, 1.54) is 6.42 Å². The Morgan fingerprint density at radius 3 is 3.22 bits per heavy atom. The molecule has 9 heavy (non-hydrogen) atoms. The molecule has 0 aromatic carbocycles. The molecule has 1 rings (SSSR count). The Labute approximate surface area is 55.8 Å². The Kier molecular flexibility index (Phi) is 2.04. The molecule has 1 heteroatoms. The van der Waals surface area contributed by atoms with Crippen LogP contribution in [0.4, 0.5) is 0 Å². The quantitative estimate of drug-likeness (QED) is 0.482. The fourth-order valence-corrected chi connectivity index (χ4v) is 1.05. The lowest BCUT2D eigenvalue weighted by Crippen LogP contribution is -1.88. The van der Waals surface area contributed by atoms with Crippen LogP contribution in [0.2, 0.25) is 0 Å². The van der Waals surface area contributed by atoms with Crippen molar-refractivity contribution in [1.82, 2.24) is 0 Å². The summed E-state index contributed by atoms with van der Waals surface area (Å²) in [5, 5.41) is 0. The average molecular weight is 124 g/mol. The second-order valence-corrected chi connectivity index (χ2v) is 2.69. The number of allylic oxidation sites excluding steroid dienone is 2. The summed E-state index contributed by atoms with van der Waals surface area (Å²) in [6, 6.07) is 0. The summed E-state index contributed by atoms with van der Waals surface area (Å²) in [4.78, 5) is 10.7. The third-order valence-corrected chi connectivity index (χ3v) is 1.69. The lowest BCUT2D eigenvalue weighted by Gasteiger charge is -1.98. The highest BCUT2D eigenvalue weighted by Crippen LogP contribution is 2.13. The van der Waals surface area contributed by atoms with Gasteiger partial charge in [-0.05, 0) is 24.8 Å². The van der Waals surface area contributed by atoms with E-state index < -0.39 is 0 Å². The number of ketones is 1. The van der Waals surface area contributed by atoms with Gasteiger partial charge in [-0.2, -0.15) is 0 Å². The summed E-state index contributed by atoms with van der Waals surface area (Å²) in [6.45, 7) is 2.15. The van der Waals surface area contributed by atoms with Crippen LogP contribution in [0, 0.1) is 5.92 Å². The van der Waals surface area contributed by atoms with Crippen LogP contribution in [-0.2, 0) is 4.79 Å². The molecule has 0 aromatic rings. The monoisotopic (exact) mass is 124 g/mol. The summed E-state index contributed by atoms with van der Waals surface area (Å²) < 4.78 is 0. The smallest absolute Gasteiger partial charge is 0.155 e. The minimum Gasteiger partial charge on any atom is -0.295 e. The molecule has 0 spiro atoms. The highest BCUT2D eigenvalue weighted by atomic mass is 16.1. The van der Waals surface area contributed by atoms with Crippen molar-refractivity contribution in [2.24, 2.45) is 5.92 Å². The topological polar surface area (TPSA) is 17.1 Å². The zero-order valence-corrected chi connectivity index (χ0v) is 5.76. The van der Waals surface area contributed by atoms with Gasteiger partial charge in [0.15, 0.2) is 5.78 Å². The predicted octanol–water partition coefficient (Wildman–Crippen LogP) is 1.93. The third kappa shape index (κ3) is 2.00. The van der Waals surface area contributed by atoms with Crippen molar-refractivity contribution in [3.63, 3.8) is 0 Å². The molecule has 1 atom stereocenters. The molecule has 0 heterocycles. The van der Waals surface area contributed by atoms with E-state index in [9.17, 15) is 4.79 Å². The second-order valence-electron chi connectivity index (χ2n) is 2.69. The van der Waals surface area contributed by atoms with E-state index in [4.69, 9.17) is 0 Å². The average Bonchev–Trinajstić information content (AvgIpc) is 1.97. The third-order valence-electron chi connectivity index (χ3n) is 1.69. The molecule has 50 valence electrons. The molecule has 0 N–H and O–H groups in total. The van der Waals surface area contributed by atoms with E-state index in [1.54, 1.807) is 6.08 Å². The molecular formula is C8H12O. The van der Waals surface area contributed by atoms with Crippen LogP contribution in [0.5, 0.6) is 0 Å². The molecule has 1 nitrogen and oxygen atoms in total. The van der Waals surface area contributed by atoms with E-state index in [0.29, 0.717) is 11.7 Å². The fourth-order valence-electron chi connectivity index (χ4n) is 1.05. The van der Waals surface area contributed by atoms with Gasteiger partial charge in [0.25, 0.3) is 0 Å². The normalized spacial score (nSPS) is 28.1. The van der Waals surface area contributed by atoms with Gasteiger partial charge in [0.2, 0.25) is 0 Å². The molecule has 1 aliphatic rings. The van der Waals surface area contributed by atoms with Gasteiger partial charge in [-0.15, -0.1) is 0 Å². The van der Waals surface area contributed by atoms with E-state index in [-0.39, 0.29) is 0 Å². The van der Waals surface area contributed by atoms with Crippen molar-refractivity contribution in [1.29, 1.82) is 0 Å². The number of hydrogen-bond donors (Lipinski definition) is 0. The molecule has 0 aromatic heterocycles. The summed E-state index contributed by atoms with van der Waals surface area (Å²) in [5.41, 5.74) is 0. The minimum absolute atomic E-state index is 0.291. The molecule has 0 amide bonds. The van der Waals surface area contributed by atoms with Gasteiger partial charge >= 0.3 is 0 Å². The highest BCUT2D eigenvalue weighted by molar-refractivity contribution is 5.89. The van der Waals surface area contributed by atoms with E-state index in [1.807, 2.05) is 6.08 Å². The van der Waals surface area contributed by atoms with Crippen LogP contribution in [-0.4, -0.2) is 5.78 Å². The van der Waals surface area contributed by atoms with Crippen molar-refractivity contribution in [2.75, 3.05) is 0 Å². The molecule has 0 fully saturated rings. The van der Waals surface area contributed by atoms with Crippen molar-refractivity contribution in [2.45, 2.75) is 26.2 Å². The molecule has 0 unspecified atom stereocenters. The largest absolute Gasteiger partial charge is 0.295 e. The molecular weight excluding hydrogens is 112 g/mol. The maximum atomic E-state index is 10.7. The van der Waals surface area contributed by atoms with Gasteiger partial charge < -0.3 is 0 Å². The first-order valence-electron chi connectivity index (χ1n) is 3.50. The lowest BCUT2D eigenvalue weighted by atomic mass is 10.1. The maximum Gasteiger partial charge on any atom is 0.155 e. The van der Waals surface area contributed by atoms with Crippen molar-refractivity contribution < 1.29 is 4.79 Å². The molecule has 1 aliphatic carbocycles. The second kappa shape index (κ2) is 2.81. The number of carbonyl (C=O) groups is 1. The standard InChI is InChI=1S/C8H12O/c1-7-3-2-4-8(9)6-5-7/h5-7H,2-4H2,1H3/t7-/m0/s1. The number of carbonyl (C=O) groups excluding carboxylic acids is 1. The molecule has 0 radical (unpaired) electrons. The first-order valence-corrected chi connectivity index (χ1v) is 3.50. The summed E-state index contributed by atoms with van der Waals surface area (Å²) in [7, 11) is 0. The van der Waals surface area contributed by atoms with Gasteiger partial charge in [0.05, 0.1) is 0 Å². The molecule has 0 bridgehead atoms. The van der Waals surface area contributed by atoms with Crippen LogP contribution >= 0.6 is 0 Å². The Bertz CT molecular complexity index is 136. The van der Waals surface area contributed by atoms with Crippen LogP contribution in [0.15, 0.2) is 12.2 Å². The first-order chi connectivity index (χ1) is 4.29. The van der Waals surface area contributed by atoms with E-state index in [0.717, 1.165) is 12.8 Å². The number of rotatable bonds is 0. The first kappa shape index (κ1) is 6.53. The zero-order chi connectivity index (χ0) is 6.69. The van der Waals surface area contributed by atoms with Crippen LogP contribution in [0.3, 0.4) is 0 Å².